The first kappa shape index (κ1) is 23.7. The molecular weight excluding hydrogens is 365 g/mol. The summed E-state index contributed by atoms with van der Waals surface area (Å²) in [5, 5.41) is 9.75. The van der Waals surface area contributed by atoms with Crippen LogP contribution in [0.15, 0.2) is 15.8 Å². The molecule has 13 heteroatoms. The second-order valence-electron chi connectivity index (χ2n) is 4.65. The summed E-state index contributed by atoms with van der Waals surface area (Å²) in [6.45, 7) is 0.852. The smallest absolute Gasteiger partial charge is 0.790 e. The van der Waals surface area contributed by atoms with Crippen molar-refractivity contribution in [3.05, 3.63) is 32.6 Å². The van der Waals surface area contributed by atoms with Crippen molar-refractivity contribution in [3.8, 4) is 0 Å². The Morgan fingerprint density at radius 1 is 1.48 bits per heavy atom. The quantitative estimate of drug-likeness (QED) is 0.297. The predicted molar refractivity (Wildman–Crippen MR) is 64.2 cm³/mol. The molecule has 0 bridgehead atoms. The number of aromatic amines is 1. The van der Waals surface area contributed by atoms with E-state index < -0.39 is 44.1 Å². The number of aromatic nitrogens is 2. The fourth-order valence-electron chi connectivity index (χ4n) is 2.00. The Hall–Kier alpha value is 0.710. The van der Waals surface area contributed by atoms with Gasteiger partial charge in [0, 0.05) is 18.2 Å². The SMILES string of the molecule is [13CH3][13c]1[13cH][15n]([13C@H]2[13CH2][13C@@H](O)[13C@@H]([13CH2]OP(=O)([O-])[O-])O2)[13c](=O)[15nH][13c]1=O.[Na+].[Na+]. The number of hydrogen-bond donors (Lipinski definition) is 2. The molecule has 1 aromatic heterocycles. The van der Waals surface area contributed by atoms with Crippen LogP contribution in [0.1, 0.15) is 18.2 Å². The minimum Gasteiger partial charge on any atom is -0.790 e. The third kappa shape index (κ3) is 6.50. The van der Waals surface area contributed by atoms with Crippen molar-refractivity contribution in [1.29, 1.82) is 0 Å². The molecule has 1 fully saturated rings. The molecule has 23 heavy (non-hydrogen) atoms. The number of ether oxygens (including phenoxy) is 1. The van der Waals surface area contributed by atoms with E-state index in [2.05, 4.69) is 9.51 Å². The number of aryl methyl sites for hydroxylation is 1. The maximum Gasteiger partial charge on any atom is 1.00 e. The van der Waals surface area contributed by atoms with Crippen LogP contribution in [0.3, 0.4) is 0 Å². The molecule has 1 aliphatic rings. The van der Waals surface area contributed by atoms with E-state index in [1.165, 1.54) is 13.1 Å². The summed E-state index contributed by atoms with van der Waals surface area (Å²) in [4.78, 5) is 45.8. The van der Waals surface area contributed by atoms with Gasteiger partial charge in [-0.1, -0.05) is 0 Å². The summed E-state index contributed by atoms with van der Waals surface area (Å²) in [6, 6.07) is 0. The molecule has 1 saturated heterocycles. The number of aliphatic hydroxyl groups excluding tert-OH is 1. The Morgan fingerprint density at radius 2 is 2.09 bits per heavy atom. The van der Waals surface area contributed by atoms with E-state index in [4.69, 9.17) is 4.74 Å². The molecule has 118 valence electrons. The maximum absolute atomic E-state index is 11.7. The number of nitrogens with zero attached hydrogens (tertiary/aromatic N) is 1. The molecule has 0 spiro atoms. The first-order chi connectivity index (χ1) is 9.67. The van der Waals surface area contributed by atoms with Gasteiger partial charge >= 0.3 is 64.8 Å². The van der Waals surface area contributed by atoms with E-state index in [1.807, 2.05) is 0 Å². The zero-order chi connectivity index (χ0) is 15.8. The minimum absolute atomic E-state index is 0. The Kier molecular flexibility index (Phi) is 9.71. The largest absolute Gasteiger partial charge is 1.00 e. The van der Waals surface area contributed by atoms with Gasteiger partial charge in [0.2, 0.25) is 0 Å². The van der Waals surface area contributed by atoms with Crippen LogP contribution in [-0.2, 0) is 13.8 Å². The van der Waals surface area contributed by atoms with E-state index in [9.17, 15) is 29.0 Å². The zero-order valence-corrected chi connectivity index (χ0v) is 17.8. The van der Waals surface area contributed by atoms with Gasteiger partial charge in [0.25, 0.3) is 5.56 Å². The van der Waals surface area contributed by atoms with E-state index in [0.717, 1.165) is 4.57 Å². The van der Waals surface area contributed by atoms with Crippen molar-refractivity contribution >= 4 is 7.82 Å². The molecule has 2 rings (SSSR count). The summed E-state index contributed by atoms with van der Waals surface area (Å²) in [6.07, 6.45) is -1.81. The summed E-state index contributed by atoms with van der Waals surface area (Å²) in [5.74, 6) is 0. The van der Waals surface area contributed by atoms with Gasteiger partial charge in [-0.2, -0.15) is 0 Å². The Labute approximate surface area is 175 Å². The molecule has 2 N–H and O–H groups in total. The van der Waals surface area contributed by atoms with Gasteiger partial charge in [-0.05, 0) is 6.92 Å². The summed E-state index contributed by atoms with van der Waals surface area (Å²) in [5.41, 5.74) is -0.980. The van der Waals surface area contributed by atoms with Crippen LogP contribution in [-0.4, -0.2) is 33.5 Å². The van der Waals surface area contributed by atoms with Gasteiger partial charge in [0.1, 0.15) is 12.3 Å². The van der Waals surface area contributed by atoms with Crippen molar-refractivity contribution in [3.63, 3.8) is 0 Å². The van der Waals surface area contributed by atoms with Crippen molar-refractivity contribution in [1.82, 2.24) is 9.55 Å². The molecule has 2 heterocycles. The normalized spacial score (nSPS) is 23.9. The van der Waals surface area contributed by atoms with Crippen LogP contribution >= 0.6 is 7.82 Å². The molecule has 0 saturated carbocycles. The molecule has 0 radical (unpaired) electrons. The number of aliphatic hydroxyl groups is 1. The van der Waals surface area contributed by atoms with Crippen molar-refractivity contribution < 1.29 is 87.8 Å². The fourth-order valence-corrected chi connectivity index (χ4v) is 2.33. The van der Waals surface area contributed by atoms with E-state index >= 15 is 0 Å². The van der Waals surface area contributed by atoms with E-state index in [0.29, 0.717) is 0 Å². The zero-order valence-electron chi connectivity index (χ0n) is 12.9. The third-order valence-electron chi connectivity index (χ3n) is 3.06. The van der Waals surface area contributed by atoms with E-state index in [1.54, 1.807) is 0 Å². The third-order valence-corrected chi connectivity index (χ3v) is 3.52. The fraction of sp³-hybridized carbons (Fsp3) is 0.600. The standard InChI is InChI=1S/C10H15N2O8P.2Na/c1-5-3-12(10(15)11-9(5)14)8-2-6(13)7(20-8)4-19-21(16,17)18;;/h3,6-8,13H,2,4H2,1H3,(H,11,14,15)(H2,16,17,18);;/q;2*+1/p-2/t6-,7-,8-;;/m1../s1/i1+1,2+1,3+1,4+1,5+1,6+1,7+1,8+1,9+1,10+1,11+1,12+1;;. The van der Waals surface area contributed by atoms with Crippen LogP contribution in [0.25, 0.3) is 0 Å². The Bertz CT molecular complexity index is 686. The van der Waals surface area contributed by atoms with Crippen LogP contribution < -0.4 is 80.2 Å². The van der Waals surface area contributed by atoms with Crippen LogP contribution in [0, 0.1) is 6.92 Å². The minimum atomic E-state index is -5.17. The number of phosphoric acid groups is 1. The second-order valence-corrected chi connectivity index (χ2v) is 5.81. The average molecular weight is 378 g/mol. The van der Waals surface area contributed by atoms with Gasteiger partial charge in [-0.25, -0.2) is 4.79 Å². The van der Waals surface area contributed by atoms with Crippen LogP contribution in [0.5, 0.6) is 0 Å². The van der Waals surface area contributed by atoms with Gasteiger partial charge < -0.3 is 28.7 Å². The second kappa shape index (κ2) is 9.42. The average Bonchev–Trinajstić information content (AvgIpc) is 2.72. The topological polar surface area (TPSA) is 157 Å². The Morgan fingerprint density at radius 3 is 2.65 bits per heavy atom. The molecule has 0 unspecified atom stereocenters. The van der Waals surface area contributed by atoms with Gasteiger partial charge in [-0.15, -0.1) is 0 Å². The van der Waals surface area contributed by atoms with E-state index in [-0.39, 0.29) is 71.1 Å². The molecule has 3 atom stereocenters. The monoisotopic (exact) mass is 378 g/mol. The van der Waals surface area contributed by atoms with Gasteiger partial charge in [-0.3, -0.25) is 14.3 Å². The summed E-state index contributed by atoms with van der Waals surface area (Å²) < 4.78 is 20.8. The molecule has 1 aliphatic heterocycles. The number of nitrogens with one attached hydrogen (secondary N) is 1. The number of hydrogen-bond acceptors (Lipinski definition) is 8. The molecule has 1 aromatic rings. The summed E-state index contributed by atoms with van der Waals surface area (Å²) in [7, 11) is -5.17. The molecular formula is C10H13N2Na2O8P. The van der Waals surface area contributed by atoms with Gasteiger partial charge in [0.05, 0.1) is 20.5 Å². The van der Waals surface area contributed by atoms with Crippen LogP contribution in [0.2, 0.25) is 0 Å². The first-order valence-corrected chi connectivity index (χ1v) is 7.45. The Balaban J connectivity index is 0.00000242. The first-order valence-electron chi connectivity index (χ1n) is 5.99. The maximum atomic E-state index is 11.7. The number of phosphoric ester groups is 1. The van der Waals surface area contributed by atoms with Crippen molar-refractivity contribution in [2.45, 2.75) is 31.8 Å². The van der Waals surface area contributed by atoms with Crippen LogP contribution in [0.4, 0.5) is 0 Å². The molecule has 10 nitrogen and oxygen atoms in total. The predicted octanol–water partition coefficient (Wildman–Crippen LogP) is -8.65. The molecule has 0 aliphatic carbocycles. The van der Waals surface area contributed by atoms with Crippen molar-refractivity contribution in [2.75, 3.05) is 6.61 Å². The molecule has 0 aromatic carbocycles. The number of rotatable bonds is 4. The summed E-state index contributed by atoms with van der Waals surface area (Å²) >= 11 is 0. The molecule has 0 amide bonds. The van der Waals surface area contributed by atoms with Gasteiger partial charge in [0.15, 0.2) is 0 Å². The van der Waals surface area contributed by atoms with Crippen molar-refractivity contribution in [2.24, 2.45) is 0 Å². The number of H-pyrrole nitrogens is 1.